The standard InChI is InChI=1S/C16H24O2/c1-2-3-4-5-6-7-8-14-9-10-16(18)15(13-14)11-12-17/h9-10,12-13,18H,2-8,11H2,1H3. The fraction of sp³-hybridized carbons (Fsp3) is 0.562. The highest BCUT2D eigenvalue weighted by atomic mass is 16.3. The van der Waals surface area contributed by atoms with Crippen LogP contribution in [0.5, 0.6) is 5.75 Å². The van der Waals surface area contributed by atoms with Crippen LogP contribution in [0.3, 0.4) is 0 Å². The van der Waals surface area contributed by atoms with Crippen LogP contribution >= 0.6 is 0 Å². The minimum atomic E-state index is 0.230. The number of carbonyl (C=O) groups excluding carboxylic acids is 1. The molecule has 1 aromatic rings. The Hall–Kier alpha value is -1.31. The van der Waals surface area contributed by atoms with Crippen molar-refractivity contribution in [2.75, 3.05) is 0 Å². The molecule has 0 radical (unpaired) electrons. The molecule has 0 heterocycles. The number of hydrogen-bond donors (Lipinski definition) is 1. The first-order valence-corrected chi connectivity index (χ1v) is 7.02. The van der Waals surface area contributed by atoms with Gasteiger partial charge in [-0.3, -0.25) is 0 Å². The average Bonchev–Trinajstić information content (AvgIpc) is 2.37. The summed E-state index contributed by atoms with van der Waals surface area (Å²) in [5, 5.41) is 9.58. The van der Waals surface area contributed by atoms with Gasteiger partial charge in [-0.25, -0.2) is 0 Å². The minimum absolute atomic E-state index is 0.230. The van der Waals surface area contributed by atoms with Crippen molar-refractivity contribution in [3.05, 3.63) is 29.3 Å². The minimum Gasteiger partial charge on any atom is -0.508 e. The Balaban J connectivity index is 2.33. The zero-order chi connectivity index (χ0) is 13.2. The molecule has 18 heavy (non-hydrogen) atoms. The Kier molecular flexibility index (Phi) is 7.16. The van der Waals surface area contributed by atoms with E-state index in [0.717, 1.165) is 18.3 Å². The normalized spacial score (nSPS) is 10.5. The second kappa shape index (κ2) is 8.73. The van der Waals surface area contributed by atoms with Gasteiger partial charge in [-0.15, -0.1) is 0 Å². The number of unbranched alkanes of at least 4 members (excludes halogenated alkanes) is 5. The lowest BCUT2D eigenvalue weighted by molar-refractivity contribution is -0.107. The Morgan fingerprint density at radius 1 is 1.11 bits per heavy atom. The largest absolute Gasteiger partial charge is 0.508 e. The van der Waals surface area contributed by atoms with Gasteiger partial charge in [0, 0.05) is 12.0 Å². The lowest BCUT2D eigenvalue weighted by Crippen LogP contribution is -1.92. The number of hydrogen-bond acceptors (Lipinski definition) is 2. The second-order valence-electron chi connectivity index (χ2n) is 4.85. The number of phenolic OH excluding ortho intramolecular Hbond substituents is 1. The molecule has 0 bridgehead atoms. The highest BCUT2D eigenvalue weighted by Crippen LogP contribution is 2.20. The van der Waals surface area contributed by atoms with E-state index in [4.69, 9.17) is 0 Å². The molecule has 0 aliphatic carbocycles. The SMILES string of the molecule is CCCCCCCCc1ccc(O)c(CC=O)c1. The molecule has 0 amide bonds. The molecule has 1 aromatic carbocycles. The van der Waals surface area contributed by atoms with Crippen molar-refractivity contribution in [1.82, 2.24) is 0 Å². The summed E-state index contributed by atoms with van der Waals surface area (Å²) in [6.07, 6.45) is 9.90. The van der Waals surface area contributed by atoms with Gasteiger partial charge in [0.05, 0.1) is 0 Å². The molecular formula is C16H24O2. The van der Waals surface area contributed by atoms with Crippen molar-refractivity contribution in [3.63, 3.8) is 0 Å². The van der Waals surface area contributed by atoms with E-state index < -0.39 is 0 Å². The van der Waals surface area contributed by atoms with Crippen LogP contribution in [0.1, 0.15) is 56.6 Å². The van der Waals surface area contributed by atoms with Crippen molar-refractivity contribution in [2.24, 2.45) is 0 Å². The number of rotatable bonds is 9. The highest BCUT2D eigenvalue weighted by Gasteiger charge is 2.02. The van der Waals surface area contributed by atoms with Crippen LogP contribution in [-0.2, 0) is 17.6 Å². The number of benzene rings is 1. The molecule has 0 unspecified atom stereocenters. The summed E-state index contributed by atoms with van der Waals surface area (Å²) >= 11 is 0. The fourth-order valence-corrected chi connectivity index (χ4v) is 2.16. The predicted molar refractivity (Wildman–Crippen MR) is 75.0 cm³/mol. The van der Waals surface area contributed by atoms with E-state index in [1.54, 1.807) is 6.07 Å². The molecule has 0 fully saturated rings. The lowest BCUT2D eigenvalue weighted by Gasteiger charge is -2.06. The van der Waals surface area contributed by atoms with Crippen molar-refractivity contribution in [3.8, 4) is 5.75 Å². The van der Waals surface area contributed by atoms with E-state index in [1.165, 1.54) is 44.1 Å². The molecule has 2 heteroatoms. The van der Waals surface area contributed by atoms with Crippen molar-refractivity contribution >= 4 is 6.29 Å². The van der Waals surface area contributed by atoms with E-state index in [1.807, 2.05) is 12.1 Å². The summed E-state index contributed by atoms with van der Waals surface area (Å²) in [5.41, 5.74) is 1.97. The quantitative estimate of drug-likeness (QED) is 0.529. The van der Waals surface area contributed by atoms with E-state index >= 15 is 0 Å². The van der Waals surface area contributed by atoms with Crippen LogP contribution in [0, 0.1) is 0 Å². The number of aldehydes is 1. The maximum absolute atomic E-state index is 10.5. The summed E-state index contributed by atoms with van der Waals surface area (Å²) in [5.74, 6) is 0.230. The fourth-order valence-electron chi connectivity index (χ4n) is 2.16. The van der Waals surface area contributed by atoms with Gasteiger partial charge >= 0.3 is 0 Å². The van der Waals surface area contributed by atoms with E-state index in [9.17, 15) is 9.90 Å². The Labute approximate surface area is 110 Å². The van der Waals surface area contributed by atoms with Crippen molar-refractivity contribution < 1.29 is 9.90 Å². The molecule has 100 valence electrons. The van der Waals surface area contributed by atoms with Crippen molar-refractivity contribution in [1.29, 1.82) is 0 Å². The van der Waals surface area contributed by atoms with E-state index in [-0.39, 0.29) is 5.75 Å². The molecule has 0 atom stereocenters. The third-order valence-electron chi connectivity index (χ3n) is 3.27. The number of carbonyl (C=O) groups is 1. The van der Waals surface area contributed by atoms with Crippen LogP contribution in [0.2, 0.25) is 0 Å². The monoisotopic (exact) mass is 248 g/mol. The Morgan fingerprint density at radius 2 is 1.83 bits per heavy atom. The van der Waals surface area contributed by atoms with Crippen LogP contribution in [0.15, 0.2) is 18.2 Å². The summed E-state index contributed by atoms with van der Waals surface area (Å²) in [6, 6.07) is 5.61. The number of phenols is 1. The maximum atomic E-state index is 10.5. The first-order valence-electron chi connectivity index (χ1n) is 7.02. The molecular weight excluding hydrogens is 224 g/mol. The highest BCUT2D eigenvalue weighted by molar-refractivity contribution is 5.57. The zero-order valence-corrected chi connectivity index (χ0v) is 11.3. The van der Waals surface area contributed by atoms with Gasteiger partial charge in [0.15, 0.2) is 0 Å². The van der Waals surface area contributed by atoms with Gasteiger partial charge in [-0.1, -0.05) is 51.2 Å². The van der Waals surface area contributed by atoms with Gasteiger partial charge in [0.1, 0.15) is 12.0 Å². The molecule has 0 spiro atoms. The molecule has 0 saturated carbocycles. The lowest BCUT2D eigenvalue weighted by atomic mass is 10.0. The molecule has 2 nitrogen and oxygen atoms in total. The molecule has 0 aliphatic heterocycles. The van der Waals surface area contributed by atoms with E-state index in [2.05, 4.69) is 6.92 Å². The summed E-state index contributed by atoms with van der Waals surface area (Å²) in [7, 11) is 0. The molecule has 0 aromatic heterocycles. The molecule has 0 aliphatic rings. The maximum Gasteiger partial charge on any atom is 0.124 e. The van der Waals surface area contributed by atoms with Gasteiger partial charge in [-0.05, 0) is 24.5 Å². The van der Waals surface area contributed by atoms with Crippen LogP contribution in [0.4, 0.5) is 0 Å². The third kappa shape index (κ3) is 5.35. The first kappa shape index (κ1) is 14.7. The van der Waals surface area contributed by atoms with Crippen LogP contribution in [-0.4, -0.2) is 11.4 Å². The topological polar surface area (TPSA) is 37.3 Å². The summed E-state index contributed by atoms with van der Waals surface area (Å²) in [6.45, 7) is 2.23. The number of aromatic hydroxyl groups is 1. The third-order valence-corrected chi connectivity index (χ3v) is 3.27. The van der Waals surface area contributed by atoms with Gasteiger partial charge in [0.25, 0.3) is 0 Å². The molecule has 1 N–H and O–H groups in total. The van der Waals surface area contributed by atoms with Gasteiger partial charge < -0.3 is 9.90 Å². The van der Waals surface area contributed by atoms with Gasteiger partial charge in [-0.2, -0.15) is 0 Å². The second-order valence-corrected chi connectivity index (χ2v) is 4.85. The van der Waals surface area contributed by atoms with Crippen molar-refractivity contribution in [2.45, 2.75) is 58.3 Å². The number of aryl methyl sites for hydroxylation is 1. The first-order chi connectivity index (χ1) is 8.77. The van der Waals surface area contributed by atoms with Gasteiger partial charge in [0.2, 0.25) is 0 Å². The smallest absolute Gasteiger partial charge is 0.124 e. The average molecular weight is 248 g/mol. The zero-order valence-electron chi connectivity index (χ0n) is 11.3. The molecule has 0 saturated heterocycles. The van der Waals surface area contributed by atoms with E-state index in [0.29, 0.717) is 6.42 Å². The Morgan fingerprint density at radius 3 is 2.56 bits per heavy atom. The van der Waals surface area contributed by atoms with Crippen LogP contribution < -0.4 is 0 Å². The summed E-state index contributed by atoms with van der Waals surface area (Å²) in [4.78, 5) is 10.5. The van der Waals surface area contributed by atoms with Crippen LogP contribution in [0.25, 0.3) is 0 Å². The molecule has 1 rings (SSSR count). The Bertz CT molecular complexity index is 358. The summed E-state index contributed by atoms with van der Waals surface area (Å²) < 4.78 is 0. The predicted octanol–water partition coefficient (Wildman–Crippen LogP) is 4.04.